The molecule has 0 amide bonds. The summed E-state index contributed by atoms with van der Waals surface area (Å²) < 4.78 is 13.4. The highest BCUT2D eigenvalue weighted by Crippen LogP contribution is 2.27. The molecule has 1 aliphatic rings. The summed E-state index contributed by atoms with van der Waals surface area (Å²) in [6.07, 6.45) is 2.60. The maximum absolute atomic E-state index is 13.4. The van der Waals surface area contributed by atoms with Crippen LogP contribution in [0.4, 0.5) is 4.39 Å². The van der Waals surface area contributed by atoms with E-state index in [0.717, 1.165) is 30.8 Å². The van der Waals surface area contributed by atoms with E-state index in [0.29, 0.717) is 18.1 Å². The predicted octanol–water partition coefficient (Wildman–Crippen LogP) is 2.96. The summed E-state index contributed by atoms with van der Waals surface area (Å²) in [4.78, 5) is 26.0. The molecule has 26 heavy (non-hydrogen) atoms. The quantitative estimate of drug-likeness (QED) is 0.786. The summed E-state index contributed by atoms with van der Waals surface area (Å²) >= 11 is 0. The molecule has 4 rings (SSSR count). The van der Waals surface area contributed by atoms with Crippen LogP contribution in [0.2, 0.25) is 0 Å². The molecule has 2 aromatic heterocycles. The van der Waals surface area contributed by atoms with Crippen molar-refractivity contribution in [3.05, 3.63) is 82.2 Å². The van der Waals surface area contributed by atoms with E-state index in [4.69, 9.17) is 0 Å². The number of aromatic amines is 1. The first-order valence-electron chi connectivity index (χ1n) is 8.67. The number of hydrogen-bond donors (Lipinski definition) is 1. The smallest absolute Gasteiger partial charge is 0.251 e. The van der Waals surface area contributed by atoms with Crippen molar-refractivity contribution in [2.75, 3.05) is 13.1 Å². The molecule has 1 aromatic carbocycles. The Hall–Kier alpha value is -2.86. The second-order valence-electron chi connectivity index (χ2n) is 6.58. The molecule has 3 heterocycles. The van der Waals surface area contributed by atoms with Crippen LogP contribution in [0, 0.1) is 5.82 Å². The van der Waals surface area contributed by atoms with Crippen LogP contribution >= 0.6 is 0 Å². The number of rotatable bonds is 4. The first-order valence-corrected chi connectivity index (χ1v) is 8.67. The average molecular weight is 350 g/mol. The van der Waals surface area contributed by atoms with Crippen molar-refractivity contribution in [1.29, 1.82) is 0 Å². The van der Waals surface area contributed by atoms with E-state index in [1.165, 1.54) is 6.07 Å². The van der Waals surface area contributed by atoms with Gasteiger partial charge >= 0.3 is 0 Å². The van der Waals surface area contributed by atoms with Gasteiger partial charge in [0.1, 0.15) is 11.5 Å². The Morgan fingerprint density at radius 3 is 2.92 bits per heavy atom. The van der Waals surface area contributed by atoms with Crippen LogP contribution in [0.3, 0.4) is 0 Å². The zero-order valence-corrected chi connectivity index (χ0v) is 14.2. The monoisotopic (exact) mass is 350 g/mol. The molecule has 0 aliphatic carbocycles. The zero-order valence-electron chi connectivity index (χ0n) is 14.2. The minimum Gasteiger partial charge on any atom is -0.305 e. The first kappa shape index (κ1) is 16.6. The summed E-state index contributed by atoms with van der Waals surface area (Å²) in [5.41, 5.74) is 2.23. The average Bonchev–Trinajstić information content (AvgIpc) is 3.10. The summed E-state index contributed by atoms with van der Waals surface area (Å²) in [5, 5.41) is 0. The molecular formula is C20H19FN4O. The molecule has 1 fully saturated rings. The topological polar surface area (TPSA) is 61.9 Å². The standard InChI is InChI=1S/C20H19FN4O/c21-16-5-3-4-14(10-16)12-25-9-7-15(13-25)18-11-19(26)24-20(23-18)17-6-1-2-8-22-17/h1-6,8,10-11,15H,7,9,12-13H2,(H,23,24,26)/t15-/m1/s1. The van der Waals surface area contributed by atoms with Gasteiger partial charge in [-0.25, -0.2) is 9.37 Å². The Labute approximate surface area is 150 Å². The Morgan fingerprint density at radius 1 is 1.19 bits per heavy atom. The molecule has 0 radical (unpaired) electrons. The minimum atomic E-state index is -0.213. The van der Waals surface area contributed by atoms with Crippen molar-refractivity contribution >= 4 is 0 Å². The van der Waals surface area contributed by atoms with Crippen molar-refractivity contribution in [2.45, 2.75) is 18.9 Å². The molecule has 6 heteroatoms. The summed E-state index contributed by atoms with van der Waals surface area (Å²) in [5.74, 6) is 0.472. The number of benzene rings is 1. The van der Waals surface area contributed by atoms with Gasteiger partial charge in [0.2, 0.25) is 0 Å². The van der Waals surface area contributed by atoms with Crippen molar-refractivity contribution in [2.24, 2.45) is 0 Å². The molecule has 3 aromatic rings. The Morgan fingerprint density at radius 2 is 2.12 bits per heavy atom. The lowest BCUT2D eigenvalue weighted by atomic mass is 10.0. The van der Waals surface area contributed by atoms with Gasteiger partial charge < -0.3 is 4.98 Å². The van der Waals surface area contributed by atoms with Crippen LogP contribution in [-0.2, 0) is 6.54 Å². The third-order valence-electron chi connectivity index (χ3n) is 4.65. The molecule has 132 valence electrons. The van der Waals surface area contributed by atoms with Gasteiger partial charge in [-0.1, -0.05) is 18.2 Å². The highest BCUT2D eigenvalue weighted by molar-refractivity contribution is 5.48. The number of hydrogen-bond acceptors (Lipinski definition) is 4. The molecule has 0 bridgehead atoms. The van der Waals surface area contributed by atoms with Crippen LogP contribution in [0.15, 0.2) is 59.5 Å². The normalized spacial score (nSPS) is 17.5. The molecule has 1 atom stereocenters. The van der Waals surface area contributed by atoms with E-state index in [9.17, 15) is 9.18 Å². The third kappa shape index (κ3) is 3.70. The Bertz CT molecular complexity index is 957. The second kappa shape index (κ2) is 7.17. The first-order chi connectivity index (χ1) is 12.7. The maximum Gasteiger partial charge on any atom is 0.251 e. The van der Waals surface area contributed by atoms with E-state index >= 15 is 0 Å². The van der Waals surface area contributed by atoms with Crippen LogP contribution in [-0.4, -0.2) is 32.9 Å². The zero-order chi connectivity index (χ0) is 17.9. The highest BCUT2D eigenvalue weighted by Gasteiger charge is 2.26. The SMILES string of the molecule is O=c1cc([C@@H]2CCN(Cc3cccc(F)c3)C2)nc(-c2ccccn2)[nH]1. The highest BCUT2D eigenvalue weighted by atomic mass is 19.1. The molecule has 1 saturated heterocycles. The number of halogens is 1. The summed E-state index contributed by atoms with van der Waals surface area (Å²) in [7, 11) is 0. The van der Waals surface area contributed by atoms with Gasteiger partial charge in [-0.05, 0) is 42.8 Å². The largest absolute Gasteiger partial charge is 0.305 e. The number of pyridine rings is 1. The van der Waals surface area contributed by atoms with Gasteiger partial charge in [0, 0.05) is 31.3 Å². The van der Waals surface area contributed by atoms with Gasteiger partial charge in [0.15, 0.2) is 5.82 Å². The minimum absolute atomic E-state index is 0.167. The molecule has 0 saturated carbocycles. The molecule has 0 spiro atoms. The predicted molar refractivity (Wildman–Crippen MR) is 97.1 cm³/mol. The van der Waals surface area contributed by atoms with E-state index in [2.05, 4.69) is 19.9 Å². The van der Waals surface area contributed by atoms with Gasteiger partial charge in [-0.2, -0.15) is 0 Å². The molecular weight excluding hydrogens is 331 g/mol. The Balaban J connectivity index is 1.52. The van der Waals surface area contributed by atoms with Crippen molar-refractivity contribution in [1.82, 2.24) is 19.9 Å². The van der Waals surface area contributed by atoms with Gasteiger partial charge in [-0.15, -0.1) is 0 Å². The number of aromatic nitrogens is 3. The fourth-order valence-electron chi connectivity index (χ4n) is 3.42. The van der Waals surface area contributed by atoms with E-state index in [1.807, 2.05) is 24.3 Å². The number of nitrogens with one attached hydrogen (secondary N) is 1. The molecule has 1 aliphatic heterocycles. The van der Waals surface area contributed by atoms with E-state index < -0.39 is 0 Å². The van der Waals surface area contributed by atoms with Gasteiger partial charge in [0.25, 0.3) is 5.56 Å². The fourth-order valence-corrected chi connectivity index (χ4v) is 3.42. The van der Waals surface area contributed by atoms with E-state index in [-0.39, 0.29) is 17.3 Å². The summed E-state index contributed by atoms with van der Waals surface area (Å²) in [6.45, 7) is 2.40. The lowest BCUT2D eigenvalue weighted by molar-refractivity contribution is 0.326. The van der Waals surface area contributed by atoms with Crippen LogP contribution in [0.25, 0.3) is 11.5 Å². The van der Waals surface area contributed by atoms with Crippen molar-refractivity contribution in [3.8, 4) is 11.5 Å². The third-order valence-corrected chi connectivity index (χ3v) is 4.65. The molecule has 5 nitrogen and oxygen atoms in total. The molecule has 0 unspecified atom stereocenters. The number of nitrogens with zero attached hydrogens (tertiary/aromatic N) is 3. The van der Waals surface area contributed by atoms with Crippen LogP contribution < -0.4 is 5.56 Å². The maximum atomic E-state index is 13.4. The van der Waals surface area contributed by atoms with Crippen molar-refractivity contribution < 1.29 is 4.39 Å². The molecule has 1 N–H and O–H groups in total. The lowest BCUT2D eigenvalue weighted by Crippen LogP contribution is -2.21. The van der Waals surface area contributed by atoms with Gasteiger partial charge in [0.05, 0.1) is 5.69 Å². The Kier molecular flexibility index (Phi) is 4.58. The number of H-pyrrole nitrogens is 1. The van der Waals surface area contributed by atoms with E-state index in [1.54, 1.807) is 24.4 Å². The number of likely N-dealkylation sites (tertiary alicyclic amines) is 1. The van der Waals surface area contributed by atoms with Gasteiger partial charge in [-0.3, -0.25) is 14.7 Å². The van der Waals surface area contributed by atoms with Crippen LogP contribution in [0.1, 0.15) is 23.6 Å². The second-order valence-corrected chi connectivity index (χ2v) is 6.58. The lowest BCUT2D eigenvalue weighted by Gasteiger charge is -2.16. The van der Waals surface area contributed by atoms with Crippen LogP contribution in [0.5, 0.6) is 0 Å². The van der Waals surface area contributed by atoms with Crippen molar-refractivity contribution in [3.63, 3.8) is 0 Å². The fraction of sp³-hybridized carbons (Fsp3) is 0.250. The summed E-state index contributed by atoms with van der Waals surface area (Å²) in [6, 6.07) is 13.8.